The first-order valence-electron chi connectivity index (χ1n) is 7.49. The van der Waals surface area contributed by atoms with Crippen molar-refractivity contribution in [3.63, 3.8) is 0 Å². The van der Waals surface area contributed by atoms with E-state index in [-0.39, 0.29) is 31.1 Å². The monoisotopic (exact) mass is 270 g/mol. The number of hydrogen-bond donors (Lipinski definition) is 3. The Bertz CT molecular complexity index is 288. The van der Waals surface area contributed by atoms with Gasteiger partial charge in [0, 0.05) is 38.8 Å². The van der Waals surface area contributed by atoms with E-state index in [1.54, 1.807) is 0 Å². The molecule has 1 aliphatic heterocycles. The van der Waals surface area contributed by atoms with Gasteiger partial charge >= 0.3 is 6.03 Å². The van der Waals surface area contributed by atoms with Crippen molar-refractivity contribution in [1.82, 2.24) is 10.2 Å². The van der Waals surface area contributed by atoms with E-state index in [0.717, 1.165) is 19.5 Å². The highest BCUT2D eigenvalue weighted by Gasteiger charge is 2.31. The van der Waals surface area contributed by atoms with Crippen LogP contribution in [0, 0.1) is 17.8 Å². The zero-order chi connectivity index (χ0) is 13.7. The number of aliphatic hydroxyl groups excluding tert-OH is 2. The molecular weight excluding hydrogens is 244 g/mol. The summed E-state index contributed by atoms with van der Waals surface area (Å²) in [5.41, 5.74) is 0. The maximum atomic E-state index is 12.0. The molecule has 0 radical (unpaired) electrons. The lowest BCUT2D eigenvalue weighted by Crippen LogP contribution is -2.41. The molecule has 2 aliphatic rings. The summed E-state index contributed by atoms with van der Waals surface area (Å²) in [7, 11) is 0. The second kappa shape index (κ2) is 7.10. The quantitative estimate of drug-likeness (QED) is 0.692. The van der Waals surface area contributed by atoms with E-state index in [4.69, 9.17) is 0 Å². The molecule has 2 amide bonds. The first-order chi connectivity index (χ1) is 9.24. The fourth-order valence-corrected chi connectivity index (χ4v) is 3.27. The molecule has 1 saturated heterocycles. The molecule has 2 fully saturated rings. The SMILES string of the molecule is O=C(NCC1CCCC1)N1CC[C@@H](C(CO)CO)C1. The number of aliphatic hydroxyl groups is 2. The van der Waals surface area contributed by atoms with Gasteiger partial charge in [0.2, 0.25) is 0 Å². The molecule has 2 rings (SSSR count). The van der Waals surface area contributed by atoms with Crippen LogP contribution in [0.3, 0.4) is 0 Å². The summed E-state index contributed by atoms with van der Waals surface area (Å²) < 4.78 is 0. The van der Waals surface area contributed by atoms with Gasteiger partial charge in [0.05, 0.1) is 0 Å². The van der Waals surface area contributed by atoms with E-state index in [0.29, 0.717) is 12.5 Å². The van der Waals surface area contributed by atoms with Crippen LogP contribution in [0.25, 0.3) is 0 Å². The number of likely N-dealkylation sites (tertiary alicyclic amines) is 1. The Morgan fingerprint density at radius 3 is 2.53 bits per heavy atom. The van der Waals surface area contributed by atoms with Crippen molar-refractivity contribution in [1.29, 1.82) is 0 Å². The molecule has 5 nitrogen and oxygen atoms in total. The van der Waals surface area contributed by atoms with E-state index >= 15 is 0 Å². The number of carbonyl (C=O) groups is 1. The topological polar surface area (TPSA) is 72.8 Å². The van der Waals surface area contributed by atoms with Crippen LogP contribution in [-0.4, -0.2) is 54.0 Å². The van der Waals surface area contributed by atoms with Gasteiger partial charge in [-0.05, 0) is 31.1 Å². The average molecular weight is 270 g/mol. The summed E-state index contributed by atoms with van der Waals surface area (Å²) in [5.74, 6) is 0.796. The van der Waals surface area contributed by atoms with Gasteiger partial charge in [0.25, 0.3) is 0 Å². The Balaban J connectivity index is 1.71. The maximum Gasteiger partial charge on any atom is 0.317 e. The van der Waals surface area contributed by atoms with Crippen molar-refractivity contribution in [2.24, 2.45) is 17.8 Å². The second-order valence-corrected chi connectivity index (χ2v) is 5.96. The highest BCUT2D eigenvalue weighted by atomic mass is 16.3. The van der Waals surface area contributed by atoms with Crippen LogP contribution in [0.5, 0.6) is 0 Å². The predicted molar refractivity (Wildman–Crippen MR) is 72.7 cm³/mol. The first kappa shape index (κ1) is 14.6. The largest absolute Gasteiger partial charge is 0.396 e. The first-order valence-corrected chi connectivity index (χ1v) is 7.49. The Morgan fingerprint density at radius 2 is 1.89 bits per heavy atom. The molecule has 1 saturated carbocycles. The van der Waals surface area contributed by atoms with E-state index in [1.165, 1.54) is 25.7 Å². The number of nitrogens with one attached hydrogen (secondary N) is 1. The molecule has 5 heteroatoms. The maximum absolute atomic E-state index is 12.0. The van der Waals surface area contributed by atoms with Gasteiger partial charge in [-0.3, -0.25) is 0 Å². The molecule has 0 aromatic carbocycles. The van der Waals surface area contributed by atoms with Gasteiger partial charge in [-0.1, -0.05) is 12.8 Å². The number of rotatable bonds is 5. The van der Waals surface area contributed by atoms with Crippen molar-refractivity contribution in [2.45, 2.75) is 32.1 Å². The molecule has 19 heavy (non-hydrogen) atoms. The zero-order valence-corrected chi connectivity index (χ0v) is 11.6. The van der Waals surface area contributed by atoms with Crippen molar-refractivity contribution >= 4 is 6.03 Å². The van der Waals surface area contributed by atoms with E-state index in [9.17, 15) is 15.0 Å². The number of hydrogen-bond acceptors (Lipinski definition) is 3. The Labute approximate surface area is 115 Å². The molecule has 110 valence electrons. The van der Waals surface area contributed by atoms with Crippen molar-refractivity contribution in [2.75, 3.05) is 32.8 Å². The van der Waals surface area contributed by atoms with Gasteiger partial charge < -0.3 is 20.4 Å². The third-order valence-corrected chi connectivity index (χ3v) is 4.66. The standard InChI is InChI=1S/C14H26N2O3/c17-9-13(10-18)12-5-6-16(8-12)14(19)15-7-11-3-1-2-4-11/h11-13,17-18H,1-10H2,(H,15,19)/t12-/m1/s1. The number of nitrogens with zero attached hydrogens (tertiary/aromatic N) is 1. The Kier molecular flexibility index (Phi) is 5.45. The lowest BCUT2D eigenvalue weighted by atomic mass is 9.93. The van der Waals surface area contributed by atoms with Crippen LogP contribution >= 0.6 is 0 Å². The lowest BCUT2D eigenvalue weighted by Gasteiger charge is -2.21. The smallest absolute Gasteiger partial charge is 0.317 e. The number of amides is 2. The lowest BCUT2D eigenvalue weighted by molar-refractivity contribution is 0.108. The number of urea groups is 1. The van der Waals surface area contributed by atoms with E-state index in [1.807, 2.05) is 4.90 Å². The van der Waals surface area contributed by atoms with E-state index in [2.05, 4.69) is 5.32 Å². The highest BCUT2D eigenvalue weighted by molar-refractivity contribution is 5.74. The van der Waals surface area contributed by atoms with Gasteiger partial charge in [0.1, 0.15) is 0 Å². The summed E-state index contributed by atoms with van der Waals surface area (Å²) in [5, 5.41) is 21.4. The van der Waals surface area contributed by atoms with Crippen molar-refractivity contribution in [3.8, 4) is 0 Å². The van der Waals surface area contributed by atoms with Crippen molar-refractivity contribution in [3.05, 3.63) is 0 Å². The fraction of sp³-hybridized carbons (Fsp3) is 0.929. The number of carbonyl (C=O) groups excluding carboxylic acids is 1. The van der Waals surface area contributed by atoms with Crippen LogP contribution in [0.1, 0.15) is 32.1 Å². The molecule has 3 N–H and O–H groups in total. The summed E-state index contributed by atoms with van der Waals surface area (Å²) >= 11 is 0. The Morgan fingerprint density at radius 1 is 1.21 bits per heavy atom. The molecule has 0 aromatic heterocycles. The molecule has 1 atom stereocenters. The summed E-state index contributed by atoms with van der Waals surface area (Å²) in [6.45, 7) is 2.18. The van der Waals surface area contributed by atoms with Gasteiger partial charge in [-0.15, -0.1) is 0 Å². The highest BCUT2D eigenvalue weighted by Crippen LogP contribution is 2.25. The average Bonchev–Trinajstić information content (AvgIpc) is 3.09. The summed E-state index contributed by atoms with van der Waals surface area (Å²) in [6.07, 6.45) is 5.94. The van der Waals surface area contributed by atoms with Gasteiger partial charge in [-0.2, -0.15) is 0 Å². The molecule has 1 aliphatic carbocycles. The summed E-state index contributed by atoms with van der Waals surface area (Å²) in [4.78, 5) is 13.9. The third kappa shape index (κ3) is 3.83. The molecular formula is C14H26N2O3. The van der Waals surface area contributed by atoms with Crippen LogP contribution < -0.4 is 5.32 Å². The summed E-state index contributed by atoms with van der Waals surface area (Å²) in [6, 6.07) is 0.0176. The molecule has 0 unspecified atom stereocenters. The van der Waals surface area contributed by atoms with Crippen LogP contribution in [-0.2, 0) is 0 Å². The Hall–Kier alpha value is -0.810. The normalized spacial score (nSPS) is 24.4. The van der Waals surface area contributed by atoms with E-state index < -0.39 is 0 Å². The zero-order valence-electron chi connectivity index (χ0n) is 11.6. The minimum absolute atomic E-state index is 0.00129. The molecule has 0 bridgehead atoms. The van der Waals surface area contributed by atoms with Crippen LogP contribution in [0.4, 0.5) is 4.79 Å². The third-order valence-electron chi connectivity index (χ3n) is 4.66. The van der Waals surface area contributed by atoms with Gasteiger partial charge in [-0.25, -0.2) is 4.79 Å². The molecule has 1 heterocycles. The van der Waals surface area contributed by atoms with Crippen LogP contribution in [0.15, 0.2) is 0 Å². The minimum atomic E-state index is -0.0902. The van der Waals surface area contributed by atoms with Gasteiger partial charge in [0.15, 0.2) is 0 Å². The molecule has 0 aromatic rings. The predicted octanol–water partition coefficient (Wildman–Crippen LogP) is 0.809. The van der Waals surface area contributed by atoms with Crippen LogP contribution in [0.2, 0.25) is 0 Å². The fourth-order valence-electron chi connectivity index (χ4n) is 3.27. The second-order valence-electron chi connectivity index (χ2n) is 5.96. The minimum Gasteiger partial charge on any atom is -0.396 e. The molecule has 0 spiro atoms. The van der Waals surface area contributed by atoms with Crippen molar-refractivity contribution < 1.29 is 15.0 Å².